The van der Waals surface area contributed by atoms with Crippen molar-refractivity contribution in [1.82, 2.24) is 0 Å². The quantitative estimate of drug-likeness (QED) is 0.713. The van der Waals surface area contributed by atoms with Crippen LogP contribution in [0.25, 0.3) is 0 Å². The summed E-state index contributed by atoms with van der Waals surface area (Å²) in [5, 5.41) is 0. The van der Waals surface area contributed by atoms with Gasteiger partial charge in [-0.05, 0) is 31.1 Å². The highest BCUT2D eigenvalue weighted by Crippen LogP contribution is 2.37. The van der Waals surface area contributed by atoms with E-state index in [4.69, 9.17) is 5.73 Å². The van der Waals surface area contributed by atoms with Crippen LogP contribution in [0.15, 0.2) is 0 Å². The summed E-state index contributed by atoms with van der Waals surface area (Å²) in [6.45, 7) is 6.91. The Balaban J connectivity index is 2.49. The lowest BCUT2D eigenvalue weighted by atomic mass is 9.70. The molecule has 0 aromatic carbocycles. The van der Waals surface area contributed by atoms with Crippen molar-refractivity contribution in [2.45, 2.75) is 64.8 Å². The third kappa shape index (κ3) is 2.98. The van der Waals surface area contributed by atoms with Crippen molar-refractivity contribution in [3.63, 3.8) is 0 Å². The number of hydrogen-bond donors (Lipinski definition) is 1. The normalized spacial score (nSPS) is 35.3. The molecule has 1 fully saturated rings. The molecule has 1 aliphatic carbocycles. The van der Waals surface area contributed by atoms with Crippen molar-refractivity contribution in [3.8, 4) is 0 Å². The van der Waals surface area contributed by atoms with E-state index in [0.717, 1.165) is 11.8 Å². The van der Waals surface area contributed by atoms with E-state index < -0.39 is 0 Å². The van der Waals surface area contributed by atoms with E-state index in [2.05, 4.69) is 20.8 Å². The second-order valence-corrected chi connectivity index (χ2v) is 5.21. The first-order valence-corrected chi connectivity index (χ1v) is 5.86. The van der Waals surface area contributed by atoms with E-state index >= 15 is 0 Å². The van der Waals surface area contributed by atoms with Crippen LogP contribution in [0.3, 0.4) is 0 Å². The lowest BCUT2D eigenvalue weighted by Crippen LogP contribution is -2.45. The predicted molar refractivity (Wildman–Crippen MR) is 58.6 cm³/mol. The molecule has 13 heavy (non-hydrogen) atoms. The molecule has 2 atom stereocenters. The van der Waals surface area contributed by atoms with Crippen molar-refractivity contribution >= 4 is 0 Å². The van der Waals surface area contributed by atoms with Gasteiger partial charge in [-0.15, -0.1) is 0 Å². The van der Waals surface area contributed by atoms with Gasteiger partial charge in [0.2, 0.25) is 0 Å². The summed E-state index contributed by atoms with van der Waals surface area (Å²) < 4.78 is 0. The maximum absolute atomic E-state index is 6.40. The first kappa shape index (κ1) is 11.0. The van der Waals surface area contributed by atoms with E-state index in [1.165, 1.54) is 38.5 Å². The molecule has 1 aliphatic rings. The standard InChI is InChI=1S/C12H25N/c1-4-7-12(13)8-5-6-11(9-12)10(2)3/h10-11H,4-9,13H2,1-3H3. The number of nitrogens with two attached hydrogens (primary N) is 1. The van der Waals surface area contributed by atoms with Crippen LogP contribution in [-0.2, 0) is 0 Å². The largest absolute Gasteiger partial charge is 0.325 e. The minimum atomic E-state index is 0.182. The molecule has 0 aromatic heterocycles. The van der Waals surface area contributed by atoms with Crippen LogP contribution in [0.2, 0.25) is 0 Å². The molecule has 0 spiro atoms. The Hall–Kier alpha value is -0.0400. The van der Waals surface area contributed by atoms with E-state index in [1.807, 2.05) is 0 Å². The van der Waals surface area contributed by atoms with Gasteiger partial charge < -0.3 is 5.73 Å². The molecule has 78 valence electrons. The molecule has 0 bridgehead atoms. The van der Waals surface area contributed by atoms with Gasteiger partial charge in [0.1, 0.15) is 0 Å². The Morgan fingerprint density at radius 3 is 2.69 bits per heavy atom. The first-order chi connectivity index (χ1) is 6.07. The van der Waals surface area contributed by atoms with Crippen LogP contribution in [-0.4, -0.2) is 5.54 Å². The maximum atomic E-state index is 6.40. The molecule has 1 saturated carbocycles. The zero-order chi connectivity index (χ0) is 9.90. The molecule has 2 unspecified atom stereocenters. The average molecular weight is 183 g/mol. The Morgan fingerprint density at radius 1 is 1.46 bits per heavy atom. The highest BCUT2D eigenvalue weighted by Gasteiger charge is 2.32. The molecular weight excluding hydrogens is 158 g/mol. The Kier molecular flexibility index (Phi) is 3.78. The van der Waals surface area contributed by atoms with Crippen molar-refractivity contribution in [3.05, 3.63) is 0 Å². The molecule has 0 radical (unpaired) electrons. The first-order valence-electron chi connectivity index (χ1n) is 5.86. The maximum Gasteiger partial charge on any atom is 0.0157 e. The van der Waals surface area contributed by atoms with Gasteiger partial charge in [0.25, 0.3) is 0 Å². The molecule has 2 N–H and O–H groups in total. The molecule has 0 saturated heterocycles. The average Bonchev–Trinajstić information content (AvgIpc) is 2.04. The molecule has 0 aromatic rings. The Morgan fingerprint density at radius 2 is 2.15 bits per heavy atom. The van der Waals surface area contributed by atoms with E-state index in [9.17, 15) is 0 Å². The Bertz CT molecular complexity index is 149. The van der Waals surface area contributed by atoms with Crippen LogP contribution < -0.4 is 5.73 Å². The Labute approximate surface area is 83.1 Å². The third-order valence-electron chi connectivity index (χ3n) is 3.61. The fraction of sp³-hybridized carbons (Fsp3) is 1.00. The van der Waals surface area contributed by atoms with Crippen molar-refractivity contribution in [2.24, 2.45) is 17.6 Å². The second-order valence-electron chi connectivity index (χ2n) is 5.21. The van der Waals surface area contributed by atoms with Crippen LogP contribution >= 0.6 is 0 Å². The van der Waals surface area contributed by atoms with Crippen molar-refractivity contribution < 1.29 is 0 Å². The molecular formula is C12H25N. The van der Waals surface area contributed by atoms with Gasteiger partial charge in [-0.1, -0.05) is 40.0 Å². The van der Waals surface area contributed by atoms with Crippen LogP contribution in [0, 0.1) is 11.8 Å². The summed E-state index contributed by atoms with van der Waals surface area (Å²) in [4.78, 5) is 0. The number of hydrogen-bond acceptors (Lipinski definition) is 1. The summed E-state index contributed by atoms with van der Waals surface area (Å²) in [6, 6.07) is 0. The minimum Gasteiger partial charge on any atom is -0.325 e. The highest BCUT2D eigenvalue weighted by molar-refractivity contribution is 4.90. The zero-order valence-electron chi connectivity index (χ0n) is 9.47. The lowest BCUT2D eigenvalue weighted by Gasteiger charge is -2.39. The van der Waals surface area contributed by atoms with Crippen molar-refractivity contribution in [2.75, 3.05) is 0 Å². The SMILES string of the molecule is CCCC1(N)CCCC(C(C)C)C1. The van der Waals surface area contributed by atoms with Gasteiger partial charge in [-0.25, -0.2) is 0 Å². The molecule has 0 aliphatic heterocycles. The lowest BCUT2D eigenvalue weighted by molar-refractivity contribution is 0.174. The van der Waals surface area contributed by atoms with E-state index in [0.29, 0.717) is 0 Å². The van der Waals surface area contributed by atoms with Gasteiger partial charge >= 0.3 is 0 Å². The smallest absolute Gasteiger partial charge is 0.0157 e. The molecule has 0 amide bonds. The molecule has 0 heterocycles. The topological polar surface area (TPSA) is 26.0 Å². The summed E-state index contributed by atoms with van der Waals surface area (Å²) >= 11 is 0. The summed E-state index contributed by atoms with van der Waals surface area (Å²) in [5.74, 6) is 1.70. The predicted octanol–water partition coefficient (Wildman–Crippen LogP) is 3.33. The van der Waals surface area contributed by atoms with Gasteiger partial charge in [-0.3, -0.25) is 0 Å². The molecule has 1 nitrogen and oxygen atoms in total. The van der Waals surface area contributed by atoms with Crippen molar-refractivity contribution in [1.29, 1.82) is 0 Å². The van der Waals surface area contributed by atoms with Gasteiger partial charge in [0.15, 0.2) is 0 Å². The minimum absolute atomic E-state index is 0.182. The molecule has 1 rings (SSSR count). The van der Waals surface area contributed by atoms with Gasteiger partial charge in [-0.2, -0.15) is 0 Å². The summed E-state index contributed by atoms with van der Waals surface area (Å²) in [6.07, 6.45) is 7.72. The van der Waals surface area contributed by atoms with Crippen LogP contribution in [0.4, 0.5) is 0 Å². The fourth-order valence-corrected chi connectivity index (χ4v) is 2.74. The van der Waals surface area contributed by atoms with Crippen LogP contribution in [0.5, 0.6) is 0 Å². The van der Waals surface area contributed by atoms with Gasteiger partial charge in [0, 0.05) is 5.54 Å². The summed E-state index contributed by atoms with van der Waals surface area (Å²) in [5.41, 5.74) is 6.58. The molecule has 1 heteroatoms. The zero-order valence-corrected chi connectivity index (χ0v) is 9.47. The van der Waals surface area contributed by atoms with Gasteiger partial charge in [0.05, 0.1) is 0 Å². The third-order valence-corrected chi connectivity index (χ3v) is 3.61. The number of rotatable bonds is 3. The van der Waals surface area contributed by atoms with Crippen LogP contribution in [0.1, 0.15) is 59.3 Å². The highest BCUT2D eigenvalue weighted by atomic mass is 14.7. The van der Waals surface area contributed by atoms with E-state index in [1.54, 1.807) is 0 Å². The van der Waals surface area contributed by atoms with E-state index in [-0.39, 0.29) is 5.54 Å². The summed E-state index contributed by atoms with van der Waals surface area (Å²) in [7, 11) is 0. The second kappa shape index (κ2) is 4.45. The monoisotopic (exact) mass is 183 g/mol. The fourth-order valence-electron chi connectivity index (χ4n) is 2.74.